The summed E-state index contributed by atoms with van der Waals surface area (Å²) < 4.78 is 2.09. The smallest absolute Gasteiger partial charge is 0.263 e. The van der Waals surface area contributed by atoms with Crippen molar-refractivity contribution >= 4 is 34.5 Å². The molecule has 1 amide bonds. The number of nitrogens with zero attached hydrogens (tertiary/aromatic N) is 6. The number of hydrogen-bond donors (Lipinski definition) is 2. The molecule has 0 spiro atoms. The van der Waals surface area contributed by atoms with Gasteiger partial charge in [-0.2, -0.15) is 5.10 Å². The summed E-state index contributed by atoms with van der Waals surface area (Å²) in [5.41, 5.74) is 4.08. The van der Waals surface area contributed by atoms with Gasteiger partial charge in [0.05, 0.1) is 22.6 Å². The Hall–Kier alpha value is -3.37. The predicted octanol–water partition coefficient (Wildman–Crippen LogP) is 5.18. The number of amides is 1. The third-order valence-electron chi connectivity index (χ3n) is 7.53. The highest BCUT2D eigenvalue weighted by Gasteiger charge is 2.30. The summed E-state index contributed by atoms with van der Waals surface area (Å²) in [6.07, 6.45) is 9.53. The van der Waals surface area contributed by atoms with Crippen molar-refractivity contribution in [2.75, 3.05) is 25.5 Å². The highest BCUT2D eigenvalue weighted by atomic mass is 32.1. The maximum Gasteiger partial charge on any atom is 0.263 e. The van der Waals surface area contributed by atoms with E-state index in [4.69, 9.17) is 5.10 Å². The van der Waals surface area contributed by atoms with Gasteiger partial charge in [-0.25, -0.2) is 15.0 Å². The van der Waals surface area contributed by atoms with Crippen LogP contribution in [0.15, 0.2) is 42.4 Å². The Kier molecular flexibility index (Phi) is 7.43. The van der Waals surface area contributed by atoms with E-state index >= 15 is 0 Å². The molecule has 0 saturated carbocycles. The van der Waals surface area contributed by atoms with Gasteiger partial charge in [0, 0.05) is 49.1 Å². The Morgan fingerprint density at radius 3 is 2.72 bits per heavy atom. The summed E-state index contributed by atoms with van der Waals surface area (Å²) in [6, 6.07) is 4.07. The molecule has 39 heavy (non-hydrogen) atoms. The second-order valence-electron chi connectivity index (χ2n) is 12.0. The fourth-order valence-electron chi connectivity index (χ4n) is 4.84. The van der Waals surface area contributed by atoms with Gasteiger partial charge in [0.15, 0.2) is 5.82 Å². The zero-order valence-corrected chi connectivity index (χ0v) is 24.5. The van der Waals surface area contributed by atoms with E-state index in [1.165, 1.54) is 22.6 Å². The number of rotatable bonds is 6. The standard InChI is InChI=1S/C29H38N8OS/c1-19-12-20(8-9-29(19,5)17-31-26(38)23-15-30-27(39-23)28(2,3)4)22-14-24(33-18-32-22)34-25-13-21-16-36(6)10-7-11-37(21)35-25/h8,12-15,18H,7,9-11,16-17H2,1-6H3,(H,31,38)(H,32,33,34,35). The number of aryl methyl sites for hydroxylation is 1. The summed E-state index contributed by atoms with van der Waals surface area (Å²) in [7, 11) is 2.14. The molecule has 1 aliphatic heterocycles. The van der Waals surface area contributed by atoms with E-state index in [1.54, 1.807) is 12.5 Å². The Morgan fingerprint density at radius 2 is 1.97 bits per heavy atom. The van der Waals surface area contributed by atoms with Gasteiger partial charge >= 0.3 is 0 Å². The van der Waals surface area contributed by atoms with Gasteiger partial charge in [-0.1, -0.05) is 45.4 Å². The first kappa shape index (κ1) is 27.2. The van der Waals surface area contributed by atoms with Gasteiger partial charge in [-0.05, 0) is 32.4 Å². The molecule has 0 saturated heterocycles. The van der Waals surface area contributed by atoms with Crippen molar-refractivity contribution in [3.05, 3.63) is 63.7 Å². The van der Waals surface area contributed by atoms with E-state index in [9.17, 15) is 4.79 Å². The zero-order valence-electron chi connectivity index (χ0n) is 23.7. The lowest BCUT2D eigenvalue weighted by Crippen LogP contribution is -2.36. The first-order valence-electron chi connectivity index (χ1n) is 13.5. The van der Waals surface area contributed by atoms with Gasteiger partial charge in [0.2, 0.25) is 0 Å². The molecule has 5 rings (SSSR count). The van der Waals surface area contributed by atoms with Crippen LogP contribution in [0.5, 0.6) is 0 Å². The summed E-state index contributed by atoms with van der Waals surface area (Å²) in [6.45, 7) is 14.1. The van der Waals surface area contributed by atoms with Crippen molar-refractivity contribution in [2.45, 2.75) is 66.0 Å². The maximum absolute atomic E-state index is 12.8. The second-order valence-corrected chi connectivity index (χ2v) is 13.0. The first-order chi connectivity index (χ1) is 18.5. The number of nitrogens with one attached hydrogen (secondary N) is 2. The number of hydrogen-bond acceptors (Lipinski definition) is 8. The van der Waals surface area contributed by atoms with Crippen LogP contribution in [0.2, 0.25) is 0 Å². The fraction of sp³-hybridized carbons (Fsp3) is 0.483. The molecule has 3 aromatic rings. The molecular weight excluding hydrogens is 508 g/mol. The molecule has 1 unspecified atom stereocenters. The molecule has 0 radical (unpaired) electrons. The molecule has 9 nitrogen and oxygen atoms in total. The number of fused-ring (bicyclic) bond motifs is 1. The summed E-state index contributed by atoms with van der Waals surface area (Å²) in [4.78, 5) is 29.2. The molecule has 10 heteroatoms. The Labute approximate surface area is 234 Å². The third-order valence-corrected chi connectivity index (χ3v) is 8.95. The van der Waals surface area contributed by atoms with E-state index in [0.717, 1.165) is 54.6 Å². The topological polar surface area (TPSA) is 101 Å². The largest absolute Gasteiger partial charge is 0.350 e. The molecular formula is C29H38N8OS. The van der Waals surface area contributed by atoms with Crippen molar-refractivity contribution in [2.24, 2.45) is 5.41 Å². The van der Waals surface area contributed by atoms with Gasteiger partial charge < -0.3 is 15.5 Å². The number of thiazole rings is 1. The molecule has 3 aromatic heterocycles. The SMILES string of the molecule is CC1=CC(c2cc(Nc3cc4n(n3)CCCN(C)C4)ncn2)=CCC1(C)CNC(=O)c1cnc(C(C)(C)C)s1. The first-order valence-corrected chi connectivity index (χ1v) is 14.3. The predicted molar refractivity (Wildman–Crippen MR) is 156 cm³/mol. The second kappa shape index (κ2) is 10.7. The van der Waals surface area contributed by atoms with Crippen LogP contribution in [0.4, 0.5) is 11.6 Å². The fourth-order valence-corrected chi connectivity index (χ4v) is 5.73. The average Bonchev–Trinajstić information content (AvgIpc) is 3.49. The van der Waals surface area contributed by atoms with Crippen LogP contribution in [-0.2, 0) is 18.5 Å². The number of allylic oxidation sites excluding steroid dienone is 3. The molecule has 0 aromatic carbocycles. The highest BCUT2D eigenvalue weighted by molar-refractivity contribution is 7.13. The van der Waals surface area contributed by atoms with Crippen molar-refractivity contribution in [3.63, 3.8) is 0 Å². The summed E-state index contributed by atoms with van der Waals surface area (Å²) in [5, 5.41) is 12.2. The van der Waals surface area contributed by atoms with E-state index in [1.807, 2.05) is 6.07 Å². The minimum Gasteiger partial charge on any atom is -0.350 e. The van der Waals surface area contributed by atoms with Crippen LogP contribution >= 0.6 is 11.3 Å². The minimum absolute atomic E-state index is 0.0655. The summed E-state index contributed by atoms with van der Waals surface area (Å²) >= 11 is 1.46. The molecule has 2 aliphatic rings. The number of anilines is 2. The van der Waals surface area contributed by atoms with Crippen LogP contribution in [-0.4, -0.2) is 55.7 Å². The Bertz CT molecular complexity index is 1430. The van der Waals surface area contributed by atoms with Gasteiger partial charge in [0.1, 0.15) is 17.0 Å². The average molecular weight is 547 g/mol. The van der Waals surface area contributed by atoms with Crippen LogP contribution in [0, 0.1) is 5.41 Å². The van der Waals surface area contributed by atoms with E-state index in [0.29, 0.717) is 17.2 Å². The Balaban J connectivity index is 1.23. The lowest BCUT2D eigenvalue weighted by atomic mass is 9.75. The lowest BCUT2D eigenvalue weighted by Gasteiger charge is -2.33. The minimum atomic E-state index is -0.174. The van der Waals surface area contributed by atoms with Crippen molar-refractivity contribution in [1.82, 2.24) is 34.9 Å². The number of carbonyl (C=O) groups excluding carboxylic acids is 1. The van der Waals surface area contributed by atoms with Crippen molar-refractivity contribution < 1.29 is 4.79 Å². The van der Waals surface area contributed by atoms with Crippen LogP contribution in [0.3, 0.4) is 0 Å². The van der Waals surface area contributed by atoms with E-state index in [-0.39, 0.29) is 16.7 Å². The maximum atomic E-state index is 12.8. The molecule has 4 heterocycles. The highest BCUT2D eigenvalue weighted by Crippen LogP contribution is 2.38. The van der Waals surface area contributed by atoms with Crippen LogP contribution in [0.1, 0.15) is 73.5 Å². The van der Waals surface area contributed by atoms with Gasteiger partial charge in [-0.15, -0.1) is 11.3 Å². The zero-order chi connectivity index (χ0) is 27.8. The van der Waals surface area contributed by atoms with Crippen LogP contribution in [0.25, 0.3) is 5.57 Å². The molecule has 1 atom stereocenters. The number of carbonyl (C=O) groups is 1. The quantitative estimate of drug-likeness (QED) is 0.440. The molecule has 2 N–H and O–H groups in total. The Morgan fingerprint density at radius 1 is 1.15 bits per heavy atom. The van der Waals surface area contributed by atoms with Gasteiger partial charge in [-0.3, -0.25) is 9.48 Å². The van der Waals surface area contributed by atoms with Crippen molar-refractivity contribution in [3.8, 4) is 0 Å². The van der Waals surface area contributed by atoms with E-state index in [2.05, 4.69) is 95.1 Å². The van der Waals surface area contributed by atoms with Crippen LogP contribution < -0.4 is 10.6 Å². The molecule has 0 fully saturated rings. The molecule has 0 bridgehead atoms. The van der Waals surface area contributed by atoms with Gasteiger partial charge in [0.25, 0.3) is 5.91 Å². The molecule has 1 aliphatic carbocycles. The van der Waals surface area contributed by atoms with Crippen molar-refractivity contribution in [1.29, 1.82) is 0 Å². The van der Waals surface area contributed by atoms with E-state index < -0.39 is 0 Å². The monoisotopic (exact) mass is 546 g/mol. The third kappa shape index (κ3) is 6.12. The summed E-state index contributed by atoms with van der Waals surface area (Å²) in [5.74, 6) is 1.45. The normalized spacial score (nSPS) is 20.1. The lowest BCUT2D eigenvalue weighted by molar-refractivity contribution is 0.0943. The number of aromatic nitrogens is 5. The molecule has 206 valence electrons.